The number of carbonyl (C=O) groups is 1. The lowest BCUT2D eigenvalue weighted by atomic mass is 10.2. The van der Waals surface area contributed by atoms with Crippen LogP contribution in [0.25, 0.3) is 0 Å². The third-order valence-corrected chi connectivity index (χ3v) is 2.73. The molecule has 1 rings (SSSR count). The van der Waals surface area contributed by atoms with Gasteiger partial charge in [0, 0.05) is 16.2 Å². The summed E-state index contributed by atoms with van der Waals surface area (Å²) >= 11 is 3.36. The molecule has 0 aliphatic carbocycles. The summed E-state index contributed by atoms with van der Waals surface area (Å²) in [6.45, 7) is 5.99. The van der Waals surface area contributed by atoms with E-state index in [-0.39, 0.29) is 11.9 Å². The molecule has 1 aromatic carbocycles. The van der Waals surface area contributed by atoms with E-state index in [1.165, 1.54) is 0 Å². The van der Waals surface area contributed by atoms with E-state index in [1.807, 2.05) is 37.3 Å². The standard InChI is InChI=1S/C13H17BrN2O/c1-3-5-10(2)15-9-13(17)16-12-7-4-6-11(14)8-12/h3-4,6-8,10,15H,1,5,9H2,2H3,(H,16,17). The zero-order valence-electron chi connectivity index (χ0n) is 9.87. The second-order valence-corrected chi connectivity index (χ2v) is 4.78. The van der Waals surface area contributed by atoms with Crippen molar-refractivity contribution in [1.82, 2.24) is 5.32 Å². The molecule has 4 heteroatoms. The van der Waals surface area contributed by atoms with Crippen molar-refractivity contribution in [2.24, 2.45) is 0 Å². The van der Waals surface area contributed by atoms with E-state index in [0.717, 1.165) is 16.6 Å². The highest BCUT2D eigenvalue weighted by Gasteiger charge is 2.04. The Morgan fingerprint density at radius 1 is 1.59 bits per heavy atom. The Morgan fingerprint density at radius 3 is 3.00 bits per heavy atom. The van der Waals surface area contributed by atoms with E-state index in [4.69, 9.17) is 0 Å². The summed E-state index contributed by atoms with van der Waals surface area (Å²) in [7, 11) is 0. The Morgan fingerprint density at radius 2 is 2.35 bits per heavy atom. The first-order valence-electron chi connectivity index (χ1n) is 5.51. The van der Waals surface area contributed by atoms with Crippen LogP contribution in [0.2, 0.25) is 0 Å². The molecular formula is C13H17BrN2O. The quantitative estimate of drug-likeness (QED) is 0.793. The number of anilines is 1. The minimum Gasteiger partial charge on any atom is -0.325 e. The number of hydrogen-bond donors (Lipinski definition) is 2. The Bertz CT molecular complexity index is 393. The molecule has 0 aliphatic rings. The molecule has 1 amide bonds. The molecule has 0 fully saturated rings. The van der Waals surface area contributed by atoms with Crippen LogP contribution in [0.1, 0.15) is 13.3 Å². The average Bonchev–Trinajstić information content (AvgIpc) is 2.27. The average molecular weight is 297 g/mol. The van der Waals surface area contributed by atoms with Gasteiger partial charge in [0.05, 0.1) is 6.54 Å². The molecule has 17 heavy (non-hydrogen) atoms. The summed E-state index contributed by atoms with van der Waals surface area (Å²) in [6.07, 6.45) is 2.69. The van der Waals surface area contributed by atoms with Gasteiger partial charge in [0.2, 0.25) is 5.91 Å². The SMILES string of the molecule is C=CCC(C)NCC(=O)Nc1cccc(Br)c1. The van der Waals surface area contributed by atoms with E-state index in [0.29, 0.717) is 6.54 Å². The number of nitrogens with one attached hydrogen (secondary N) is 2. The predicted octanol–water partition coefficient (Wildman–Crippen LogP) is 2.94. The second-order valence-electron chi connectivity index (χ2n) is 3.86. The van der Waals surface area contributed by atoms with Crippen LogP contribution in [0.15, 0.2) is 41.4 Å². The summed E-state index contributed by atoms with van der Waals surface area (Å²) in [4.78, 5) is 11.6. The summed E-state index contributed by atoms with van der Waals surface area (Å²) in [5.74, 6) is -0.0426. The van der Waals surface area contributed by atoms with Gasteiger partial charge >= 0.3 is 0 Å². The molecule has 92 valence electrons. The molecule has 0 spiro atoms. The van der Waals surface area contributed by atoms with Crippen LogP contribution in [0.4, 0.5) is 5.69 Å². The van der Waals surface area contributed by atoms with Gasteiger partial charge in [-0.2, -0.15) is 0 Å². The highest BCUT2D eigenvalue weighted by molar-refractivity contribution is 9.10. The highest BCUT2D eigenvalue weighted by Crippen LogP contribution is 2.15. The molecule has 1 atom stereocenters. The van der Waals surface area contributed by atoms with Crippen LogP contribution in [0.5, 0.6) is 0 Å². The fraction of sp³-hybridized carbons (Fsp3) is 0.308. The molecule has 0 aromatic heterocycles. The molecule has 0 bridgehead atoms. The first-order chi connectivity index (χ1) is 8.11. The van der Waals surface area contributed by atoms with Crippen molar-refractivity contribution < 1.29 is 4.79 Å². The number of hydrogen-bond acceptors (Lipinski definition) is 2. The molecule has 0 radical (unpaired) electrons. The van der Waals surface area contributed by atoms with E-state index in [9.17, 15) is 4.79 Å². The van der Waals surface area contributed by atoms with Gasteiger partial charge in [0.25, 0.3) is 0 Å². The normalized spacial score (nSPS) is 11.9. The Kier molecular flexibility index (Phi) is 5.94. The van der Waals surface area contributed by atoms with Crippen molar-refractivity contribution in [2.45, 2.75) is 19.4 Å². The third kappa shape index (κ3) is 5.65. The third-order valence-electron chi connectivity index (χ3n) is 2.24. The lowest BCUT2D eigenvalue weighted by Gasteiger charge is -2.11. The van der Waals surface area contributed by atoms with Gasteiger partial charge in [-0.15, -0.1) is 6.58 Å². The zero-order valence-corrected chi connectivity index (χ0v) is 11.5. The minimum absolute atomic E-state index is 0.0426. The van der Waals surface area contributed by atoms with Crippen molar-refractivity contribution in [2.75, 3.05) is 11.9 Å². The number of benzene rings is 1. The largest absolute Gasteiger partial charge is 0.325 e. The lowest BCUT2D eigenvalue weighted by Crippen LogP contribution is -2.34. The van der Waals surface area contributed by atoms with Crippen LogP contribution in [-0.2, 0) is 4.79 Å². The van der Waals surface area contributed by atoms with E-state index >= 15 is 0 Å². The lowest BCUT2D eigenvalue weighted by molar-refractivity contribution is -0.115. The molecular weight excluding hydrogens is 280 g/mol. The van der Waals surface area contributed by atoms with Gasteiger partial charge < -0.3 is 10.6 Å². The smallest absolute Gasteiger partial charge is 0.238 e. The predicted molar refractivity (Wildman–Crippen MR) is 75.1 cm³/mol. The first-order valence-corrected chi connectivity index (χ1v) is 6.31. The van der Waals surface area contributed by atoms with Crippen LogP contribution in [-0.4, -0.2) is 18.5 Å². The minimum atomic E-state index is -0.0426. The molecule has 0 heterocycles. The molecule has 1 unspecified atom stereocenters. The summed E-state index contributed by atoms with van der Waals surface area (Å²) in [5, 5.41) is 5.95. The Labute approximate surface area is 110 Å². The van der Waals surface area contributed by atoms with Crippen LogP contribution in [0, 0.1) is 0 Å². The first kappa shape index (κ1) is 13.9. The van der Waals surface area contributed by atoms with E-state index in [2.05, 4.69) is 33.1 Å². The van der Waals surface area contributed by atoms with Crippen LogP contribution in [0.3, 0.4) is 0 Å². The topological polar surface area (TPSA) is 41.1 Å². The Balaban J connectivity index is 2.37. The van der Waals surface area contributed by atoms with Gasteiger partial charge in [0.1, 0.15) is 0 Å². The zero-order chi connectivity index (χ0) is 12.7. The fourth-order valence-electron chi connectivity index (χ4n) is 1.37. The van der Waals surface area contributed by atoms with Gasteiger partial charge in [-0.05, 0) is 31.5 Å². The van der Waals surface area contributed by atoms with Crippen molar-refractivity contribution >= 4 is 27.5 Å². The molecule has 3 nitrogen and oxygen atoms in total. The van der Waals surface area contributed by atoms with Gasteiger partial charge in [-0.1, -0.05) is 28.1 Å². The molecule has 2 N–H and O–H groups in total. The van der Waals surface area contributed by atoms with Gasteiger partial charge in [-0.3, -0.25) is 4.79 Å². The van der Waals surface area contributed by atoms with Crippen LogP contribution >= 0.6 is 15.9 Å². The van der Waals surface area contributed by atoms with E-state index in [1.54, 1.807) is 0 Å². The number of rotatable bonds is 6. The summed E-state index contributed by atoms with van der Waals surface area (Å²) < 4.78 is 0.947. The molecule has 0 saturated carbocycles. The van der Waals surface area contributed by atoms with Crippen molar-refractivity contribution in [3.05, 3.63) is 41.4 Å². The molecule has 0 aliphatic heterocycles. The number of carbonyl (C=O) groups excluding carboxylic acids is 1. The highest BCUT2D eigenvalue weighted by atomic mass is 79.9. The number of halogens is 1. The van der Waals surface area contributed by atoms with Gasteiger partial charge in [-0.25, -0.2) is 0 Å². The monoisotopic (exact) mass is 296 g/mol. The summed E-state index contributed by atoms with van der Waals surface area (Å²) in [6, 6.07) is 7.79. The maximum absolute atomic E-state index is 11.6. The van der Waals surface area contributed by atoms with Gasteiger partial charge in [0.15, 0.2) is 0 Å². The van der Waals surface area contributed by atoms with Crippen molar-refractivity contribution in [3.63, 3.8) is 0 Å². The van der Waals surface area contributed by atoms with Crippen molar-refractivity contribution in [1.29, 1.82) is 0 Å². The number of amides is 1. The second kappa shape index (κ2) is 7.25. The van der Waals surface area contributed by atoms with Crippen molar-refractivity contribution in [3.8, 4) is 0 Å². The molecule has 0 saturated heterocycles. The Hall–Kier alpha value is -1.13. The maximum Gasteiger partial charge on any atom is 0.238 e. The van der Waals surface area contributed by atoms with Crippen LogP contribution < -0.4 is 10.6 Å². The molecule has 1 aromatic rings. The maximum atomic E-state index is 11.6. The summed E-state index contributed by atoms with van der Waals surface area (Å²) in [5.41, 5.74) is 0.794. The van der Waals surface area contributed by atoms with E-state index < -0.39 is 0 Å². The fourth-order valence-corrected chi connectivity index (χ4v) is 1.77.